The van der Waals surface area contributed by atoms with Crippen LogP contribution in [0.5, 0.6) is 0 Å². The molecule has 1 rings (SSSR count). The number of rotatable bonds is 2. The quantitative estimate of drug-likeness (QED) is 0.632. The fourth-order valence-electron chi connectivity index (χ4n) is 0.511. The lowest BCUT2D eigenvalue weighted by atomic mass is 10.4. The van der Waals surface area contributed by atoms with Crippen molar-refractivity contribution in [2.24, 2.45) is 0 Å². The maximum atomic E-state index is 11.5. The van der Waals surface area contributed by atoms with Gasteiger partial charge in [-0.2, -0.15) is 0 Å². The zero-order valence-electron chi connectivity index (χ0n) is 4.84. The highest BCUT2D eigenvalue weighted by Gasteiger charge is 2.08. The van der Waals surface area contributed by atoms with Gasteiger partial charge >= 0.3 is 5.82 Å². The van der Waals surface area contributed by atoms with Gasteiger partial charge in [0.1, 0.15) is 6.26 Å². The first kappa shape index (κ1) is 6.98. The van der Waals surface area contributed by atoms with E-state index in [0.29, 0.717) is 0 Å². The smallest absolute Gasteiger partial charge is 0.399 e. The Hall–Kier alpha value is -1.13. The van der Waals surface area contributed by atoms with Crippen LogP contribution >= 0.6 is 0 Å². The van der Waals surface area contributed by atoms with Crippen molar-refractivity contribution in [3.05, 3.63) is 22.6 Å². The first-order valence-corrected chi connectivity index (χ1v) is 2.54. The van der Waals surface area contributed by atoms with Gasteiger partial charge in [0.25, 0.3) is 0 Å². The molecular formula is C5H4F2O3. The molecule has 3 nitrogen and oxygen atoms in total. The van der Waals surface area contributed by atoms with Crippen molar-refractivity contribution in [2.45, 2.75) is 12.8 Å². The van der Waals surface area contributed by atoms with Crippen LogP contribution in [0, 0.1) is 0 Å². The van der Waals surface area contributed by atoms with Gasteiger partial charge < -0.3 is 8.83 Å². The Balaban J connectivity index is 2.67. The van der Waals surface area contributed by atoms with E-state index >= 15 is 0 Å². The number of hydrogen-bond donors (Lipinski definition) is 0. The van der Waals surface area contributed by atoms with E-state index in [-0.39, 0.29) is 5.76 Å². The maximum Gasteiger partial charge on any atom is 0.518 e. The second-order valence-electron chi connectivity index (χ2n) is 1.65. The molecule has 0 saturated heterocycles. The molecule has 0 atom stereocenters. The summed E-state index contributed by atoms with van der Waals surface area (Å²) in [5.74, 6) is -1.07. The topological polar surface area (TPSA) is 43.4 Å². The van der Waals surface area contributed by atoms with Crippen molar-refractivity contribution >= 4 is 0 Å². The summed E-state index contributed by atoms with van der Waals surface area (Å²) < 4.78 is 31.4. The van der Waals surface area contributed by atoms with E-state index in [1.807, 2.05) is 0 Å². The van der Waals surface area contributed by atoms with Crippen LogP contribution < -0.4 is 5.82 Å². The average Bonchev–Trinajstić information content (AvgIpc) is 2.13. The van der Waals surface area contributed by atoms with Crippen LogP contribution in [0.1, 0.15) is 5.76 Å². The predicted octanol–water partition coefficient (Wildman–Crippen LogP) is 1.04. The molecule has 0 bridgehead atoms. The molecule has 0 unspecified atom stereocenters. The second-order valence-corrected chi connectivity index (χ2v) is 1.65. The van der Waals surface area contributed by atoms with Crippen molar-refractivity contribution in [1.29, 1.82) is 0 Å². The Kier molecular flexibility index (Phi) is 1.84. The summed E-state index contributed by atoms with van der Waals surface area (Å²) >= 11 is 0. The Morgan fingerprint density at radius 3 is 2.70 bits per heavy atom. The average molecular weight is 150 g/mol. The summed E-state index contributed by atoms with van der Waals surface area (Å²) in [7, 11) is 0. The minimum atomic E-state index is -2.51. The zero-order chi connectivity index (χ0) is 7.56. The van der Waals surface area contributed by atoms with Crippen LogP contribution in [-0.4, -0.2) is 6.43 Å². The van der Waals surface area contributed by atoms with E-state index in [0.717, 1.165) is 6.26 Å². The molecule has 0 aromatic carbocycles. The Morgan fingerprint density at radius 2 is 2.30 bits per heavy atom. The lowest BCUT2D eigenvalue weighted by Crippen LogP contribution is -1.95. The van der Waals surface area contributed by atoms with Crippen LogP contribution in [0.25, 0.3) is 0 Å². The molecule has 0 aliphatic rings. The predicted molar refractivity (Wildman–Crippen MR) is 27.0 cm³/mol. The highest BCUT2D eigenvalue weighted by Crippen LogP contribution is 2.04. The number of hydrogen-bond acceptors (Lipinski definition) is 3. The Morgan fingerprint density at radius 1 is 1.60 bits per heavy atom. The van der Waals surface area contributed by atoms with Gasteiger partial charge in [-0.25, -0.2) is 13.6 Å². The fourth-order valence-corrected chi connectivity index (χ4v) is 0.511. The van der Waals surface area contributed by atoms with Gasteiger partial charge in [0, 0.05) is 0 Å². The summed E-state index contributed by atoms with van der Waals surface area (Å²) in [6.07, 6.45) is -2.21. The molecule has 1 aromatic rings. The lowest BCUT2D eigenvalue weighted by molar-refractivity contribution is 0.141. The Labute approximate surface area is 54.3 Å². The van der Waals surface area contributed by atoms with Crippen LogP contribution in [0.2, 0.25) is 0 Å². The molecule has 5 heteroatoms. The minimum absolute atomic E-state index is 0.125. The van der Waals surface area contributed by atoms with Crippen LogP contribution in [0.15, 0.2) is 19.9 Å². The van der Waals surface area contributed by atoms with Gasteiger partial charge in [0.2, 0.25) is 6.43 Å². The third-order valence-electron chi connectivity index (χ3n) is 0.857. The fraction of sp³-hybridized carbons (Fsp3) is 0.400. The Bertz CT molecular complexity index is 249. The van der Waals surface area contributed by atoms with E-state index in [9.17, 15) is 13.6 Å². The lowest BCUT2D eigenvalue weighted by Gasteiger charge is -1.88. The molecular weight excluding hydrogens is 146 g/mol. The molecule has 0 amide bonds. The van der Waals surface area contributed by atoms with Gasteiger partial charge in [0.15, 0.2) is 5.76 Å². The van der Waals surface area contributed by atoms with Crippen LogP contribution in [-0.2, 0) is 6.42 Å². The van der Waals surface area contributed by atoms with Crippen molar-refractivity contribution in [3.8, 4) is 0 Å². The van der Waals surface area contributed by atoms with E-state index < -0.39 is 18.7 Å². The normalized spacial score (nSPS) is 10.7. The van der Waals surface area contributed by atoms with Crippen LogP contribution in [0.4, 0.5) is 8.78 Å². The summed E-state index contributed by atoms with van der Waals surface area (Å²) in [4.78, 5) is 10.1. The minimum Gasteiger partial charge on any atom is -0.399 e. The monoisotopic (exact) mass is 150 g/mol. The van der Waals surface area contributed by atoms with E-state index in [2.05, 4.69) is 8.83 Å². The molecule has 0 spiro atoms. The highest BCUT2D eigenvalue weighted by atomic mass is 19.3. The van der Waals surface area contributed by atoms with Gasteiger partial charge in [-0.05, 0) is 0 Å². The molecule has 56 valence electrons. The SMILES string of the molecule is O=c1occ(CC(F)F)o1. The van der Waals surface area contributed by atoms with Crippen molar-refractivity contribution in [2.75, 3.05) is 0 Å². The van der Waals surface area contributed by atoms with E-state index in [1.54, 1.807) is 0 Å². The van der Waals surface area contributed by atoms with Gasteiger partial charge in [-0.15, -0.1) is 0 Å². The maximum absolute atomic E-state index is 11.5. The van der Waals surface area contributed by atoms with Crippen LogP contribution in [0.3, 0.4) is 0 Å². The molecule has 0 radical (unpaired) electrons. The first-order chi connectivity index (χ1) is 4.68. The molecule has 10 heavy (non-hydrogen) atoms. The largest absolute Gasteiger partial charge is 0.518 e. The van der Waals surface area contributed by atoms with Crippen molar-refractivity contribution in [1.82, 2.24) is 0 Å². The van der Waals surface area contributed by atoms with E-state index in [4.69, 9.17) is 0 Å². The zero-order valence-corrected chi connectivity index (χ0v) is 4.84. The molecule has 0 saturated carbocycles. The first-order valence-electron chi connectivity index (χ1n) is 2.54. The number of alkyl halides is 2. The highest BCUT2D eigenvalue weighted by molar-refractivity contribution is 4.85. The molecule has 0 fully saturated rings. The molecule has 1 heterocycles. The standard InChI is InChI=1S/C5H4F2O3/c6-4(7)1-3-2-9-5(8)10-3/h2,4H,1H2. The van der Waals surface area contributed by atoms with Crippen molar-refractivity contribution < 1.29 is 17.6 Å². The van der Waals surface area contributed by atoms with Gasteiger partial charge in [-0.1, -0.05) is 0 Å². The summed E-state index contributed by atoms with van der Waals surface area (Å²) in [6.45, 7) is 0. The number of halogens is 2. The molecule has 0 N–H and O–H groups in total. The summed E-state index contributed by atoms with van der Waals surface area (Å²) in [5, 5.41) is 0. The van der Waals surface area contributed by atoms with E-state index in [1.165, 1.54) is 0 Å². The molecule has 0 aliphatic heterocycles. The van der Waals surface area contributed by atoms with Gasteiger partial charge in [0.05, 0.1) is 6.42 Å². The van der Waals surface area contributed by atoms with Crippen molar-refractivity contribution in [3.63, 3.8) is 0 Å². The molecule has 0 aliphatic carbocycles. The van der Waals surface area contributed by atoms with Gasteiger partial charge in [-0.3, -0.25) is 0 Å². The molecule has 1 aromatic heterocycles. The third-order valence-corrected chi connectivity index (χ3v) is 0.857. The summed E-state index contributed by atoms with van der Waals surface area (Å²) in [6, 6.07) is 0. The summed E-state index contributed by atoms with van der Waals surface area (Å²) in [5.41, 5.74) is 0. The third kappa shape index (κ3) is 1.68. The second kappa shape index (κ2) is 2.64.